The summed E-state index contributed by atoms with van der Waals surface area (Å²) in [5.41, 5.74) is 4.47. The summed E-state index contributed by atoms with van der Waals surface area (Å²) in [6.07, 6.45) is -0.214. The highest BCUT2D eigenvalue weighted by Crippen LogP contribution is 2.34. The molecule has 6 rings (SSSR count). The fraction of sp³-hybridized carbons (Fsp3) is 0.154. The molecule has 2 N–H and O–H groups in total. The molecule has 0 aliphatic carbocycles. The zero-order valence-corrected chi connectivity index (χ0v) is 20.9. The molecule has 2 aromatic heterocycles. The monoisotopic (exact) mass is 562 g/mol. The lowest BCUT2D eigenvalue weighted by Crippen LogP contribution is -2.31. The van der Waals surface area contributed by atoms with Crippen LogP contribution in [0.5, 0.6) is 0 Å². The summed E-state index contributed by atoms with van der Waals surface area (Å²) >= 11 is 3.43. The van der Waals surface area contributed by atoms with Gasteiger partial charge in [0.1, 0.15) is 23.8 Å². The number of amides is 1. The van der Waals surface area contributed by atoms with E-state index in [0.29, 0.717) is 35.4 Å². The van der Waals surface area contributed by atoms with E-state index in [1.165, 1.54) is 16.9 Å². The fourth-order valence-corrected chi connectivity index (χ4v) is 4.66. The number of carbonyl (C=O) groups is 1. The lowest BCUT2D eigenvalue weighted by atomic mass is 10.1. The predicted octanol–water partition coefficient (Wildman–Crippen LogP) is 4.11. The molecule has 37 heavy (non-hydrogen) atoms. The van der Waals surface area contributed by atoms with Crippen LogP contribution in [0, 0.1) is 5.82 Å². The molecule has 1 aliphatic rings. The SMILES string of the molecule is O=C1COC(c2nn(-c3ccc(Br)cc3)nc2-c2ccc(F)cc2)N1CCc1ccc2[nH]c(=O)[nH]c2c1. The second-order valence-electron chi connectivity index (χ2n) is 8.67. The van der Waals surface area contributed by atoms with Crippen LogP contribution in [0.4, 0.5) is 4.39 Å². The lowest BCUT2D eigenvalue weighted by Gasteiger charge is -2.22. The topological polar surface area (TPSA) is 109 Å². The predicted molar refractivity (Wildman–Crippen MR) is 137 cm³/mol. The Morgan fingerprint density at radius 3 is 2.51 bits per heavy atom. The van der Waals surface area contributed by atoms with Crippen molar-refractivity contribution in [3.8, 4) is 16.9 Å². The number of halogens is 2. The van der Waals surface area contributed by atoms with Crippen molar-refractivity contribution >= 4 is 32.9 Å². The molecule has 9 nitrogen and oxygen atoms in total. The average Bonchev–Trinajstić information content (AvgIpc) is 3.59. The van der Waals surface area contributed by atoms with E-state index in [1.54, 1.807) is 17.0 Å². The number of H-pyrrole nitrogens is 2. The quantitative estimate of drug-likeness (QED) is 0.324. The number of nitrogens with one attached hydrogen (secondary N) is 2. The van der Waals surface area contributed by atoms with Gasteiger partial charge in [-0.3, -0.25) is 4.79 Å². The Morgan fingerprint density at radius 1 is 0.973 bits per heavy atom. The highest BCUT2D eigenvalue weighted by Gasteiger charge is 2.37. The molecule has 1 unspecified atom stereocenters. The number of aromatic amines is 2. The van der Waals surface area contributed by atoms with Gasteiger partial charge in [0.05, 0.1) is 16.7 Å². The van der Waals surface area contributed by atoms with Crippen molar-refractivity contribution in [1.82, 2.24) is 29.9 Å². The molecule has 0 radical (unpaired) electrons. The maximum absolute atomic E-state index is 13.6. The molecule has 1 saturated heterocycles. The first-order valence-corrected chi connectivity index (χ1v) is 12.3. The van der Waals surface area contributed by atoms with Gasteiger partial charge in [0.15, 0.2) is 6.23 Å². The largest absolute Gasteiger partial charge is 0.342 e. The summed E-state index contributed by atoms with van der Waals surface area (Å²) in [5, 5.41) is 9.39. The highest BCUT2D eigenvalue weighted by atomic mass is 79.9. The van der Waals surface area contributed by atoms with Crippen LogP contribution < -0.4 is 5.69 Å². The van der Waals surface area contributed by atoms with Crippen LogP contribution in [-0.2, 0) is 16.0 Å². The number of rotatable bonds is 6. The van der Waals surface area contributed by atoms with E-state index in [4.69, 9.17) is 9.84 Å². The molecule has 0 saturated carbocycles. The Morgan fingerprint density at radius 2 is 1.73 bits per heavy atom. The van der Waals surface area contributed by atoms with Crippen molar-refractivity contribution in [2.75, 3.05) is 13.2 Å². The average molecular weight is 563 g/mol. The molecule has 11 heteroatoms. The van der Waals surface area contributed by atoms with Gasteiger partial charge < -0.3 is 19.6 Å². The minimum atomic E-state index is -0.757. The van der Waals surface area contributed by atoms with E-state index in [9.17, 15) is 14.0 Å². The maximum Gasteiger partial charge on any atom is 0.323 e. The summed E-state index contributed by atoms with van der Waals surface area (Å²) in [4.78, 5) is 33.0. The first kappa shape index (κ1) is 23.3. The van der Waals surface area contributed by atoms with Crippen molar-refractivity contribution in [3.05, 3.63) is 98.8 Å². The van der Waals surface area contributed by atoms with E-state index in [1.807, 2.05) is 42.5 Å². The third kappa shape index (κ3) is 4.58. The highest BCUT2D eigenvalue weighted by molar-refractivity contribution is 9.10. The smallest absolute Gasteiger partial charge is 0.323 e. The molecule has 1 atom stereocenters. The Labute approximate surface area is 218 Å². The summed E-state index contributed by atoms with van der Waals surface area (Å²) < 4.78 is 20.5. The fourth-order valence-electron chi connectivity index (χ4n) is 4.39. The summed E-state index contributed by atoms with van der Waals surface area (Å²) in [6, 6.07) is 19.1. The number of carbonyl (C=O) groups excluding carboxylic acids is 1. The second kappa shape index (κ2) is 9.41. The molecular weight excluding hydrogens is 543 g/mol. The molecule has 5 aromatic rings. The summed E-state index contributed by atoms with van der Waals surface area (Å²) in [6.45, 7) is 0.292. The van der Waals surface area contributed by atoms with Crippen LogP contribution in [0.3, 0.4) is 0 Å². The van der Waals surface area contributed by atoms with Gasteiger partial charge in [-0.25, -0.2) is 9.18 Å². The number of imidazole rings is 1. The Balaban J connectivity index is 1.34. The minimum absolute atomic E-state index is 0.0805. The number of benzene rings is 3. The van der Waals surface area contributed by atoms with Crippen molar-refractivity contribution in [2.24, 2.45) is 0 Å². The van der Waals surface area contributed by atoms with Gasteiger partial charge in [-0.2, -0.15) is 4.80 Å². The van der Waals surface area contributed by atoms with Gasteiger partial charge >= 0.3 is 5.69 Å². The Bertz CT molecular complexity index is 1660. The lowest BCUT2D eigenvalue weighted by molar-refractivity contribution is -0.128. The Hall–Kier alpha value is -4.09. The van der Waals surface area contributed by atoms with Crippen LogP contribution in [-0.4, -0.2) is 48.9 Å². The first-order chi connectivity index (χ1) is 17.9. The summed E-state index contributed by atoms with van der Waals surface area (Å²) in [5.74, 6) is -0.523. The molecular formula is C26H20BrFN6O3. The van der Waals surface area contributed by atoms with Gasteiger partial charge in [-0.15, -0.1) is 10.2 Å². The van der Waals surface area contributed by atoms with E-state index in [0.717, 1.165) is 21.2 Å². The Kier molecular flexibility index (Phi) is 5.93. The van der Waals surface area contributed by atoms with Gasteiger partial charge in [0, 0.05) is 16.6 Å². The molecule has 3 aromatic carbocycles. The molecule has 1 fully saturated rings. The second-order valence-corrected chi connectivity index (χ2v) is 9.58. The minimum Gasteiger partial charge on any atom is -0.342 e. The normalized spacial score (nSPS) is 15.7. The molecule has 1 aliphatic heterocycles. The zero-order chi connectivity index (χ0) is 25.5. The number of ether oxygens (including phenoxy) is 1. The van der Waals surface area contributed by atoms with E-state index in [2.05, 4.69) is 31.0 Å². The van der Waals surface area contributed by atoms with Crippen LogP contribution >= 0.6 is 15.9 Å². The van der Waals surface area contributed by atoms with E-state index in [-0.39, 0.29) is 24.0 Å². The first-order valence-electron chi connectivity index (χ1n) is 11.6. The van der Waals surface area contributed by atoms with Crippen LogP contribution in [0.15, 0.2) is 76.0 Å². The van der Waals surface area contributed by atoms with Gasteiger partial charge in [-0.1, -0.05) is 22.0 Å². The number of nitrogens with zero attached hydrogens (tertiary/aromatic N) is 4. The van der Waals surface area contributed by atoms with Crippen LogP contribution in [0.2, 0.25) is 0 Å². The zero-order valence-electron chi connectivity index (χ0n) is 19.3. The maximum atomic E-state index is 13.6. The van der Waals surface area contributed by atoms with Crippen molar-refractivity contribution in [2.45, 2.75) is 12.6 Å². The number of hydrogen-bond donors (Lipinski definition) is 2. The molecule has 3 heterocycles. The summed E-state index contributed by atoms with van der Waals surface area (Å²) in [7, 11) is 0. The third-order valence-corrected chi connectivity index (χ3v) is 6.77. The molecule has 0 bridgehead atoms. The van der Waals surface area contributed by atoms with E-state index < -0.39 is 6.23 Å². The molecule has 186 valence electrons. The standard InChI is InChI=1S/C26H20BrFN6O3/c27-17-4-8-19(9-5-17)34-31-23(16-2-6-18(28)7-3-16)24(32-34)25-33(22(35)14-37-25)12-11-15-1-10-20-21(13-15)30-26(36)29-20/h1-10,13,25H,11-12,14H2,(H2,29,30,36). The van der Waals surface area contributed by atoms with Crippen molar-refractivity contribution < 1.29 is 13.9 Å². The number of aromatic nitrogens is 5. The molecule has 1 amide bonds. The van der Waals surface area contributed by atoms with Gasteiger partial charge in [-0.05, 0) is 72.6 Å². The van der Waals surface area contributed by atoms with Crippen molar-refractivity contribution in [3.63, 3.8) is 0 Å². The van der Waals surface area contributed by atoms with Crippen LogP contribution in [0.25, 0.3) is 28.0 Å². The molecule has 0 spiro atoms. The van der Waals surface area contributed by atoms with Gasteiger partial charge in [0.25, 0.3) is 5.91 Å². The third-order valence-electron chi connectivity index (χ3n) is 6.24. The van der Waals surface area contributed by atoms with E-state index >= 15 is 0 Å². The van der Waals surface area contributed by atoms with Crippen molar-refractivity contribution in [1.29, 1.82) is 0 Å². The number of hydrogen-bond acceptors (Lipinski definition) is 5. The van der Waals surface area contributed by atoms with Gasteiger partial charge in [0.2, 0.25) is 0 Å². The van der Waals surface area contributed by atoms with Crippen LogP contribution in [0.1, 0.15) is 17.5 Å². The number of fused-ring (bicyclic) bond motifs is 1.